The average molecular weight is 189 g/mol. The number of nitrogens with one attached hydrogen (secondary N) is 1. The summed E-state index contributed by atoms with van der Waals surface area (Å²) in [4.78, 5) is 21.1. The van der Waals surface area contributed by atoms with Gasteiger partial charge in [0.15, 0.2) is 11.0 Å². The van der Waals surface area contributed by atoms with Crippen molar-refractivity contribution in [3.05, 3.63) is 23.1 Å². The van der Waals surface area contributed by atoms with Gasteiger partial charge >= 0.3 is 6.03 Å². The summed E-state index contributed by atoms with van der Waals surface area (Å²) >= 11 is 5.38. The van der Waals surface area contributed by atoms with Crippen LogP contribution in [0.25, 0.3) is 0 Å². The van der Waals surface area contributed by atoms with Crippen molar-refractivity contribution in [1.82, 2.24) is 5.32 Å². The SMILES string of the molecule is NC(=O)NC(=O)c1ccc(Cl)o1. The molecule has 1 heterocycles. The molecule has 0 fully saturated rings. The van der Waals surface area contributed by atoms with E-state index in [-0.39, 0.29) is 11.0 Å². The minimum absolute atomic E-state index is 0.0567. The smallest absolute Gasteiger partial charge is 0.319 e. The lowest BCUT2D eigenvalue weighted by molar-refractivity contribution is 0.0939. The minimum Gasteiger partial charge on any atom is -0.440 e. The zero-order valence-corrected chi connectivity index (χ0v) is 6.59. The van der Waals surface area contributed by atoms with Crippen molar-refractivity contribution < 1.29 is 14.0 Å². The number of hydrogen-bond donors (Lipinski definition) is 2. The number of furan rings is 1. The van der Waals surface area contributed by atoms with E-state index in [2.05, 4.69) is 0 Å². The number of nitrogens with two attached hydrogens (primary N) is 1. The molecule has 0 aliphatic heterocycles. The van der Waals surface area contributed by atoms with Crippen molar-refractivity contribution in [2.24, 2.45) is 5.73 Å². The standard InChI is InChI=1S/C6H5ClN2O3/c7-4-2-1-3(12-4)5(10)9-6(8)11/h1-2H,(H3,8,9,10,11). The summed E-state index contributed by atoms with van der Waals surface area (Å²) in [6.07, 6.45) is 0. The molecule has 0 aromatic carbocycles. The van der Waals surface area contributed by atoms with Gasteiger partial charge in [-0.3, -0.25) is 10.1 Å². The van der Waals surface area contributed by atoms with Gasteiger partial charge in [0.1, 0.15) is 0 Å². The highest BCUT2D eigenvalue weighted by atomic mass is 35.5. The summed E-state index contributed by atoms with van der Waals surface area (Å²) < 4.78 is 4.69. The van der Waals surface area contributed by atoms with Crippen LogP contribution in [0.4, 0.5) is 4.79 Å². The molecule has 12 heavy (non-hydrogen) atoms. The highest BCUT2D eigenvalue weighted by Crippen LogP contribution is 2.12. The average Bonchev–Trinajstić information content (AvgIpc) is 2.34. The van der Waals surface area contributed by atoms with E-state index in [0.29, 0.717) is 0 Å². The monoisotopic (exact) mass is 188 g/mol. The normalized spacial score (nSPS) is 9.42. The summed E-state index contributed by atoms with van der Waals surface area (Å²) in [5.41, 5.74) is 4.69. The molecule has 0 spiro atoms. The second kappa shape index (κ2) is 3.27. The molecule has 6 heteroatoms. The molecule has 0 radical (unpaired) electrons. The Labute approximate surface area is 72.5 Å². The van der Waals surface area contributed by atoms with Crippen molar-refractivity contribution in [2.75, 3.05) is 0 Å². The number of carbonyl (C=O) groups excluding carboxylic acids is 2. The largest absolute Gasteiger partial charge is 0.440 e. The first-order valence-corrected chi connectivity index (χ1v) is 3.33. The number of primary amides is 1. The number of halogens is 1. The minimum atomic E-state index is -0.937. The van der Waals surface area contributed by atoms with Crippen molar-refractivity contribution in [2.45, 2.75) is 0 Å². The van der Waals surface area contributed by atoms with E-state index in [1.165, 1.54) is 12.1 Å². The van der Waals surface area contributed by atoms with Crippen molar-refractivity contribution in [3.63, 3.8) is 0 Å². The second-order valence-electron chi connectivity index (χ2n) is 1.92. The van der Waals surface area contributed by atoms with E-state index in [4.69, 9.17) is 21.8 Å². The molecule has 5 nitrogen and oxygen atoms in total. The topological polar surface area (TPSA) is 85.3 Å². The number of hydrogen-bond acceptors (Lipinski definition) is 3. The third kappa shape index (κ3) is 2.00. The van der Waals surface area contributed by atoms with Crippen molar-refractivity contribution in [3.8, 4) is 0 Å². The summed E-state index contributed by atoms with van der Waals surface area (Å²) in [6.45, 7) is 0. The number of carbonyl (C=O) groups is 2. The molecule has 1 aromatic heterocycles. The summed E-state index contributed by atoms with van der Waals surface area (Å²) in [5.74, 6) is -0.770. The highest BCUT2D eigenvalue weighted by Gasteiger charge is 2.11. The molecule has 0 atom stereocenters. The van der Waals surface area contributed by atoms with Gasteiger partial charge < -0.3 is 10.2 Å². The molecule has 0 aliphatic rings. The third-order valence-electron chi connectivity index (χ3n) is 1.03. The van der Waals surface area contributed by atoms with Crippen LogP contribution in [0.1, 0.15) is 10.6 Å². The van der Waals surface area contributed by atoms with Crippen LogP contribution < -0.4 is 11.1 Å². The first-order chi connectivity index (χ1) is 5.59. The van der Waals surface area contributed by atoms with Crippen molar-refractivity contribution >= 4 is 23.5 Å². The Bertz CT molecular complexity index is 320. The lowest BCUT2D eigenvalue weighted by atomic mass is 10.4. The van der Waals surface area contributed by atoms with Crippen LogP contribution in [-0.2, 0) is 0 Å². The van der Waals surface area contributed by atoms with Crippen LogP contribution in [0.5, 0.6) is 0 Å². The number of urea groups is 1. The van der Waals surface area contributed by atoms with E-state index in [0.717, 1.165) is 0 Å². The Hall–Kier alpha value is -1.49. The zero-order chi connectivity index (χ0) is 9.14. The molecule has 0 saturated carbocycles. The number of amides is 3. The van der Waals surface area contributed by atoms with Gasteiger partial charge in [-0.15, -0.1) is 0 Å². The van der Waals surface area contributed by atoms with Crippen LogP contribution >= 0.6 is 11.6 Å². The maximum Gasteiger partial charge on any atom is 0.319 e. The fourth-order valence-electron chi connectivity index (χ4n) is 0.610. The van der Waals surface area contributed by atoms with Gasteiger partial charge in [-0.25, -0.2) is 4.79 Å². The summed E-state index contributed by atoms with van der Waals surface area (Å²) in [5, 5.41) is 1.89. The lowest BCUT2D eigenvalue weighted by Crippen LogP contribution is -2.34. The fourth-order valence-corrected chi connectivity index (χ4v) is 0.756. The lowest BCUT2D eigenvalue weighted by Gasteiger charge is -1.94. The van der Waals surface area contributed by atoms with Crippen LogP contribution in [0, 0.1) is 0 Å². The Balaban J connectivity index is 2.72. The van der Waals surface area contributed by atoms with E-state index in [1.807, 2.05) is 5.32 Å². The molecule has 0 bridgehead atoms. The van der Waals surface area contributed by atoms with Gasteiger partial charge in [0.2, 0.25) is 0 Å². The van der Waals surface area contributed by atoms with E-state index < -0.39 is 11.9 Å². The fraction of sp³-hybridized carbons (Fsp3) is 0. The third-order valence-corrected chi connectivity index (χ3v) is 1.24. The molecule has 0 saturated heterocycles. The molecular formula is C6H5ClN2O3. The Kier molecular flexibility index (Phi) is 2.35. The molecule has 1 aromatic rings. The van der Waals surface area contributed by atoms with Gasteiger partial charge in [-0.05, 0) is 23.7 Å². The first-order valence-electron chi connectivity index (χ1n) is 2.95. The van der Waals surface area contributed by atoms with Crippen LogP contribution in [0.3, 0.4) is 0 Å². The first kappa shape index (κ1) is 8.61. The highest BCUT2D eigenvalue weighted by molar-refractivity contribution is 6.29. The maximum absolute atomic E-state index is 10.9. The van der Waals surface area contributed by atoms with Gasteiger partial charge in [-0.2, -0.15) is 0 Å². The molecule has 3 N–H and O–H groups in total. The van der Waals surface area contributed by atoms with E-state index >= 15 is 0 Å². The van der Waals surface area contributed by atoms with Crippen LogP contribution in [0.2, 0.25) is 5.22 Å². The number of rotatable bonds is 1. The molecule has 0 unspecified atom stereocenters. The Morgan fingerprint density at radius 3 is 2.58 bits per heavy atom. The predicted octanol–water partition coefficient (Wildman–Crippen LogP) is 0.741. The van der Waals surface area contributed by atoms with Gasteiger partial charge in [0, 0.05) is 0 Å². The number of imide groups is 1. The quantitative estimate of drug-likeness (QED) is 0.682. The predicted molar refractivity (Wildman–Crippen MR) is 40.8 cm³/mol. The summed E-state index contributed by atoms with van der Waals surface area (Å²) in [7, 11) is 0. The van der Waals surface area contributed by atoms with E-state index in [1.54, 1.807) is 0 Å². The maximum atomic E-state index is 10.9. The van der Waals surface area contributed by atoms with Crippen LogP contribution in [0.15, 0.2) is 16.5 Å². The van der Waals surface area contributed by atoms with E-state index in [9.17, 15) is 9.59 Å². The molecule has 0 aliphatic carbocycles. The zero-order valence-electron chi connectivity index (χ0n) is 5.83. The Morgan fingerprint density at radius 2 is 2.17 bits per heavy atom. The molecule has 1 rings (SSSR count). The second-order valence-corrected chi connectivity index (χ2v) is 2.29. The van der Waals surface area contributed by atoms with Crippen molar-refractivity contribution in [1.29, 1.82) is 0 Å². The van der Waals surface area contributed by atoms with Gasteiger partial charge in [-0.1, -0.05) is 0 Å². The van der Waals surface area contributed by atoms with Gasteiger partial charge in [0.25, 0.3) is 5.91 Å². The summed E-state index contributed by atoms with van der Waals surface area (Å²) in [6, 6.07) is 1.78. The molecule has 64 valence electrons. The molecule has 3 amide bonds. The van der Waals surface area contributed by atoms with Gasteiger partial charge in [0.05, 0.1) is 0 Å². The molecular weight excluding hydrogens is 184 g/mol. The van der Waals surface area contributed by atoms with Crippen LogP contribution in [-0.4, -0.2) is 11.9 Å². The Morgan fingerprint density at radius 1 is 1.50 bits per heavy atom.